The molecule has 0 unspecified atom stereocenters. The molecule has 1 aliphatic rings. The molecular weight excluding hydrogens is 338 g/mol. The smallest absolute Gasteiger partial charge is 0.243 e. The lowest BCUT2D eigenvalue weighted by atomic mass is 10.1. The Hall–Kier alpha value is -2.53. The first kappa shape index (κ1) is 19.2. The maximum atomic E-state index is 12.7. The molecule has 0 bridgehead atoms. The molecule has 5 heteroatoms. The van der Waals surface area contributed by atoms with Gasteiger partial charge in [0, 0.05) is 24.0 Å². The zero-order valence-corrected chi connectivity index (χ0v) is 16.4. The lowest BCUT2D eigenvalue weighted by Gasteiger charge is -2.26. The van der Waals surface area contributed by atoms with Crippen molar-refractivity contribution < 1.29 is 9.53 Å². The largest absolute Gasteiger partial charge is 0.497 e. The Morgan fingerprint density at radius 2 is 1.70 bits per heavy atom. The molecule has 0 heterocycles. The standard InChI is InChI=1S/C22H29N3O2/c1-4-24(19-9-10-19)18-7-5-17(6-8-18)15-25(22(26)16(2)23)20-11-13-21(27-3)14-12-20/h5-8,11-14,16,19H,4,9-10,15,23H2,1-3H3/t16-/m0/s1. The SMILES string of the molecule is CCN(c1ccc(CN(C(=O)[C@H](C)N)c2ccc(OC)cc2)cc1)C1CC1. The maximum Gasteiger partial charge on any atom is 0.243 e. The highest BCUT2D eigenvalue weighted by Gasteiger charge is 2.28. The van der Waals surface area contributed by atoms with Crippen LogP contribution in [0.2, 0.25) is 0 Å². The van der Waals surface area contributed by atoms with E-state index < -0.39 is 6.04 Å². The molecule has 27 heavy (non-hydrogen) atoms. The summed E-state index contributed by atoms with van der Waals surface area (Å²) in [5.74, 6) is 0.661. The number of amides is 1. The summed E-state index contributed by atoms with van der Waals surface area (Å²) in [6.45, 7) is 5.42. The fraction of sp³-hybridized carbons (Fsp3) is 0.409. The van der Waals surface area contributed by atoms with E-state index >= 15 is 0 Å². The van der Waals surface area contributed by atoms with Gasteiger partial charge in [0.25, 0.3) is 0 Å². The number of ether oxygens (including phenoxy) is 1. The monoisotopic (exact) mass is 367 g/mol. The Kier molecular flexibility index (Phi) is 6.01. The Morgan fingerprint density at radius 1 is 1.11 bits per heavy atom. The second-order valence-electron chi connectivity index (χ2n) is 7.09. The van der Waals surface area contributed by atoms with Gasteiger partial charge < -0.3 is 20.3 Å². The second-order valence-corrected chi connectivity index (χ2v) is 7.09. The second kappa shape index (κ2) is 8.44. The molecule has 0 aliphatic heterocycles. The Morgan fingerprint density at radius 3 is 2.19 bits per heavy atom. The summed E-state index contributed by atoms with van der Waals surface area (Å²) in [4.78, 5) is 16.9. The molecule has 1 aliphatic carbocycles. The van der Waals surface area contributed by atoms with Crippen molar-refractivity contribution in [3.8, 4) is 5.75 Å². The number of anilines is 2. The van der Waals surface area contributed by atoms with Crippen LogP contribution in [-0.4, -0.2) is 31.6 Å². The van der Waals surface area contributed by atoms with Crippen molar-refractivity contribution in [2.75, 3.05) is 23.5 Å². The van der Waals surface area contributed by atoms with Gasteiger partial charge in [0.15, 0.2) is 0 Å². The van der Waals surface area contributed by atoms with Gasteiger partial charge in [0.05, 0.1) is 19.7 Å². The summed E-state index contributed by atoms with van der Waals surface area (Å²) in [6, 6.07) is 16.1. The third kappa shape index (κ3) is 4.61. The minimum absolute atomic E-state index is 0.0996. The minimum atomic E-state index is -0.558. The van der Waals surface area contributed by atoms with E-state index in [1.54, 1.807) is 18.9 Å². The van der Waals surface area contributed by atoms with E-state index in [1.165, 1.54) is 18.5 Å². The summed E-state index contributed by atoms with van der Waals surface area (Å²) >= 11 is 0. The van der Waals surface area contributed by atoms with Crippen molar-refractivity contribution in [1.82, 2.24) is 0 Å². The number of nitrogens with zero attached hydrogens (tertiary/aromatic N) is 2. The predicted octanol–water partition coefficient (Wildman–Crippen LogP) is 3.56. The summed E-state index contributed by atoms with van der Waals surface area (Å²) in [6.07, 6.45) is 2.56. The molecular formula is C22H29N3O2. The molecule has 0 saturated heterocycles. The van der Waals surface area contributed by atoms with E-state index in [4.69, 9.17) is 10.5 Å². The van der Waals surface area contributed by atoms with Crippen LogP contribution in [-0.2, 0) is 11.3 Å². The van der Waals surface area contributed by atoms with Crippen molar-refractivity contribution in [1.29, 1.82) is 0 Å². The van der Waals surface area contributed by atoms with Crippen molar-refractivity contribution in [3.63, 3.8) is 0 Å². The van der Waals surface area contributed by atoms with Crippen LogP contribution in [0.15, 0.2) is 48.5 Å². The number of nitrogens with two attached hydrogens (primary N) is 1. The lowest BCUT2D eigenvalue weighted by molar-refractivity contribution is -0.119. The molecule has 0 spiro atoms. The average molecular weight is 367 g/mol. The van der Waals surface area contributed by atoms with Crippen LogP contribution in [0, 0.1) is 0 Å². The maximum absolute atomic E-state index is 12.7. The zero-order valence-electron chi connectivity index (χ0n) is 16.4. The van der Waals surface area contributed by atoms with Gasteiger partial charge in [-0.2, -0.15) is 0 Å². The van der Waals surface area contributed by atoms with Gasteiger partial charge in [-0.25, -0.2) is 0 Å². The molecule has 1 amide bonds. The predicted molar refractivity (Wildman–Crippen MR) is 110 cm³/mol. The number of carbonyl (C=O) groups is 1. The summed E-state index contributed by atoms with van der Waals surface area (Å²) in [5, 5.41) is 0. The molecule has 144 valence electrons. The van der Waals surface area contributed by atoms with Crippen LogP contribution in [0.4, 0.5) is 11.4 Å². The number of rotatable bonds is 8. The minimum Gasteiger partial charge on any atom is -0.497 e. The van der Waals surface area contributed by atoms with Crippen molar-refractivity contribution in [2.45, 2.75) is 45.3 Å². The highest BCUT2D eigenvalue weighted by Crippen LogP contribution is 2.31. The molecule has 2 aromatic carbocycles. The summed E-state index contributed by atoms with van der Waals surface area (Å²) in [7, 11) is 1.63. The molecule has 2 aromatic rings. The van der Waals surface area contributed by atoms with Gasteiger partial charge in [0.1, 0.15) is 5.75 Å². The van der Waals surface area contributed by atoms with Crippen molar-refractivity contribution >= 4 is 17.3 Å². The van der Waals surface area contributed by atoms with E-state index in [-0.39, 0.29) is 5.91 Å². The van der Waals surface area contributed by atoms with Crippen LogP contribution in [0.1, 0.15) is 32.3 Å². The van der Waals surface area contributed by atoms with Crippen LogP contribution in [0.5, 0.6) is 5.75 Å². The number of hydrogen-bond acceptors (Lipinski definition) is 4. The molecule has 3 rings (SSSR count). The van der Waals surface area contributed by atoms with E-state index in [0.29, 0.717) is 12.6 Å². The third-order valence-electron chi connectivity index (χ3n) is 4.98. The normalized spacial score (nSPS) is 14.5. The Bertz CT molecular complexity index is 752. The highest BCUT2D eigenvalue weighted by molar-refractivity contribution is 5.96. The number of benzene rings is 2. The molecule has 0 aromatic heterocycles. The summed E-state index contributed by atoms with van der Waals surface area (Å²) < 4.78 is 5.21. The van der Waals surface area contributed by atoms with Gasteiger partial charge in [-0.15, -0.1) is 0 Å². The fourth-order valence-electron chi connectivity index (χ4n) is 3.32. The van der Waals surface area contributed by atoms with E-state index in [9.17, 15) is 4.79 Å². The quantitative estimate of drug-likeness (QED) is 0.775. The first-order valence-corrected chi connectivity index (χ1v) is 9.60. The zero-order chi connectivity index (χ0) is 19.4. The Labute approximate surface area is 161 Å². The topological polar surface area (TPSA) is 58.8 Å². The van der Waals surface area contributed by atoms with Gasteiger partial charge in [-0.3, -0.25) is 4.79 Å². The fourth-order valence-corrected chi connectivity index (χ4v) is 3.32. The molecule has 2 N–H and O–H groups in total. The van der Waals surface area contributed by atoms with Crippen molar-refractivity contribution in [2.24, 2.45) is 5.73 Å². The first-order chi connectivity index (χ1) is 13.0. The number of carbonyl (C=O) groups excluding carboxylic acids is 1. The molecule has 1 atom stereocenters. The number of hydrogen-bond donors (Lipinski definition) is 1. The van der Waals surface area contributed by atoms with Crippen LogP contribution in [0.3, 0.4) is 0 Å². The summed E-state index contributed by atoms with van der Waals surface area (Å²) in [5.41, 5.74) is 9.03. The average Bonchev–Trinajstić information content (AvgIpc) is 3.52. The molecule has 1 fully saturated rings. The Balaban J connectivity index is 1.79. The third-order valence-corrected chi connectivity index (χ3v) is 4.98. The van der Waals surface area contributed by atoms with E-state index in [0.717, 1.165) is 23.5 Å². The first-order valence-electron chi connectivity index (χ1n) is 9.60. The van der Waals surface area contributed by atoms with Crippen LogP contribution < -0.4 is 20.3 Å². The van der Waals surface area contributed by atoms with Gasteiger partial charge in [-0.1, -0.05) is 12.1 Å². The van der Waals surface area contributed by atoms with Gasteiger partial charge >= 0.3 is 0 Å². The van der Waals surface area contributed by atoms with E-state index in [2.05, 4.69) is 36.1 Å². The lowest BCUT2D eigenvalue weighted by Crippen LogP contribution is -2.41. The number of methoxy groups -OCH3 is 1. The van der Waals surface area contributed by atoms with Crippen molar-refractivity contribution in [3.05, 3.63) is 54.1 Å². The molecule has 1 saturated carbocycles. The van der Waals surface area contributed by atoms with Crippen LogP contribution >= 0.6 is 0 Å². The van der Waals surface area contributed by atoms with Gasteiger partial charge in [-0.05, 0) is 68.7 Å². The van der Waals surface area contributed by atoms with E-state index in [1.807, 2.05) is 24.3 Å². The molecule has 5 nitrogen and oxygen atoms in total. The van der Waals surface area contributed by atoms with Gasteiger partial charge in [0.2, 0.25) is 5.91 Å². The highest BCUT2D eigenvalue weighted by atomic mass is 16.5. The van der Waals surface area contributed by atoms with Crippen LogP contribution in [0.25, 0.3) is 0 Å². The molecule has 0 radical (unpaired) electrons.